The molecule has 2 fully saturated rings. The van der Waals surface area contributed by atoms with Crippen molar-refractivity contribution in [3.05, 3.63) is 49.1 Å². The van der Waals surface area contributed by atoms with E-state index in [0.717, 1.165) is 0 Å². The molecule has 1 aliphatic heterocycles. The van der Waals surface area contributed by atoms with Crippen LogP contribution in [0.5, 0.6) is 0 Å². The molecule has 0 amide bonds. The van der Waals surface area contributed by atoms with Crippen LogP contribution in [0.1, 0.15) is 6.42 Å². The minimum Gasteiger partial charge on any atom is -0.458 e. The van der Waals surface area contributed by atoms with Gasteiger partial charge in [0.05, 0.1) is 18.1 Å². The number of rotatable bonds is 6. The van der Waals surface area contributed by atoms with Crippen LogP contribution in [0.25, 0.3) is 0 Å². The smallest absolute Gasteiger partial charge is 0.336 e. The van der Waals surface area contributed by atoms with E-state index in [2.05, 4.69) is 26.3 Å². The number of carbonyl (C=O) groups is 3. The van der Waals surface area contributed by atoms with Crippen LogP contribution < -0.4 is 0 Å². The van der Waals surface area contributed by atoms with E-state index in [0.29, 0.717) is 18.3 Å². The first-order chi connectivity index (χ1) is 11.3. The number of allylic oxidation sites excluding steroid dienone is 1. The van der Waals surface area contributed by atoms with E-state index in [1.807, 2.05) is 0 Å². The van der Waals surface area contributed by atoms with Gasteiger partial charge in [-0.15, -0.1) is 6.58 Å². The summed E-state index contributed by atoms with van der Waals surface area (Å²) in [4.78, 5) is 35.1. The minimum atomic E-state index is -0.746. The summed E-state index contributed by atoms with van der Waals surface area (Å²) in [7, 11) is 0. The Morgan fingerprint density at radius 2 is 2.08 bits per heavy atom. The molecule has 1 N–H and O–H groups in total. The van der Waals surface area contributed by atoms with Gasteiger partial charge in [0.2, 0.25) is 0 Å². The zero-order valence-electron chi connectivity index (χ0n) is 13.3. The van der Waals surface area contributed by atoms with Crippen molar-refractivity contribution in [2.75, 3.05) is 6.61 Å². The summed E-state index contributed by atoms with van der Waals surface area (Å²) in [5.74, 6) is -2.61. The average Bonchev–Trinajstić information content (AvgIpc) is 2.87. The van der Waals surface area contributed by atoms with Gasteiger partial charge in [-0.2, -0.15) is 0 Å². The molecular formula is C18H20O6. The molecule has 2 aliphatic rings. The SMILES string of the molecule is C=C[C@@H]1C[C@H](OC(=O)C(=C)CO)[C@H]2C(=C)C(=O)O[C@@H]2[C@@H]1C(=C)C=O. The van der Waals surface area contributed by atoms with E-state index >= 15 is 0 Å². The molecular weight excluding hydrogens is 312 g/mol. The fourth-order valence-electron chi connectivity index (χ4n) is 3.36. The molecule has 0 bridgehead atoms. The Hall–Kier alpha value is -2.47. The maximum atomic E-state index is 11.9. The normalized spacial score (nSPS) is 31.6. The summed E-state index contributed by atoms with van der Waals surface area (Å²) < 4.78 is 10.8. The van der Waals surface area contributed by atoms with Gasteiger partial charge >= 0.3 is 11.9 Å². The van der Waals surface area contributed by atoms with Gasteiger partial charge in [0.25, 0.3) is 0 Å². The van der Waals surface area contributed by atoms with Crippen LogP contribution in [0.3, 0.4) is 0 Å². The Balaban J connectivity index is 2.35. The molecule has 0 aromatic rings. The Labute approximate surface area is 140 Å². The zero-order valence-corrected chi connectivity index (χ0v) is 13.3. The van der Waals surface area contributed by atoms with E-state index in [1.165, 1.54) is 0 Å². The largest absolute Gasteiger partial charge is 0.458 e. The maximum Gasteiger partial charge on any atom is 0.336 e. The predicted octanol–water partition coefficient (Wildman–Crippen LogP) is 1.12. The number of aliphatic hydroxyl groups excluding tert-OH is 1. The molecule has 1 aliphatic carbocycles. The number of aliphatic hydroxyl groups is 1. The predicted molar refractivity (Wildman–Crippen MR) is 85.6 cm³/mol. The van der Waals surface area contributed by atoms with Crippen molar-refractivity contribution in [1.29, 1.82) is 0 Å². The lowest BCUT2D eigenvalue weighted by molar-refractivity contribution is -0.155. The van der Waals surface area contributed by atoms with Gasteiger partial charge in [-0.3, -0.25) is 4.79 Å². The number of hydrogen-bond donors (Lipinski definition) is 1. The summed E-state index contributed by atoms with van der Waals surface area (Å²) >= 11 is 0. The summed E-state index contributed by atoms with van der Waals surface area (Å²) in [6.45, 7) is 14.1. The highest BCUT2D eigenvalue weighted by Crippen LogP contribution is 2.47. The standard InChI is InChI=1S/C18H20O6/c1-5-12-6-13(23-17(21)10(3)8-20)15-11(4)18(22)24-16(15)14(12)9(2)7-19/h5,7,12-16,20H,1-4,6,8H2/t12-,13+,14-,15-,16-/m1/s1. The van der Waals surface area contributed by atoms with Gasteiger partial charge in [-0.05, 0) is 17.9 Å². The second kappa shape index (κ2) is 6.97. The van der Waals surface area contributed by atoms with Gasteiger partial charge in [-0.1, -0.05) is 25.8 Å². The number of aldehydes is 1. The molecule has 6 heteroatoms. The van der Waals surface area contributed by atoms with Gasteiger partial charge < -0.3 is 14.6 Å². The molecule has 2 rings (SSSR count). The third-order valence-electron chi connectivity index (χ3n) is 4.60. The van der Waals surface area contributed by atoms with Crippen LogP contribution in [-0.4, -0.2) is 42.1 Å². The third kappa shape index (κ3) is 2.97. The topological polar surface area (TPSA) is 89.9 Å². The molecule has 0 radical (unpaired) electrons. The zero-order chi connectivity index (χ0) is 18.0. The highest BCUT2D eigenvalue weighted by Gasteiger charge is 2.54. The first kappa shape index (κ1) is 17.9. The fourth-order valence-corrected chi connectivity index (χ4v) is 3.36. The maximum absolute atomic E-state index is 11.9. The minimum absolute atomic E-state index is 0.0861. The van der Waals surface area contributed by atoms with E-state index < -0.39 is 42.6 Å². The van der Waals surface area contributed by atoms with E-state index in [4.69, 9.17) is 14.6 Å². The molecule has 0 unspecified atom stereocenters. The Morgan fingerprint density at radius 3 is 2.62 bits per heavy atom. The number of fused-ring (bicyclic) bond motifs is 1. The van der Waals surface area contributed by atoms with E-state index in [9.17, 15) is 14.4 Å². The average molecular weight is 332 g/mol. The summed E-state index contributed by atoms with van der Waals surface area (Å²) in [6, 6.07) is 0. The molecule has 1 heterocycles. The molecule has 6 nitrogen and oxygen atoms in total. The van der Waals surface area contributed by atoms with Crippen molar-refractivity contribution in [2.24, 2.45) is 17.8 Å². The van der Waals surface area contributed by atoms with Crippen LogP contribution >= 0.6 is 0 Å². The van der Waals surface area contributed by atoms with Crippen molar-refractivity contribution in [3.63, 3.8) is 0 Å². The summed E-state index contributed by atoms with van der Waals surface area (Å²) in [6.07, 6.45) is 1.21. The van der Waals surface area contributed by atoms with Gasteiger partial charge in [0.1, 0.15) is 18.5 Å². The van der Waals surface area contributed by atoms with Crippen LogP contribution in [0.15, 0.2) is 49.1 Å². The Morgan fingerprint density at radius 1 is 1.42 bits per heavy atom. The quantitative estimate of drug-likeness (QED) is 0.339. The van der Waals surface area contributed by atoms with Crippen molar-refractivity contribution >= 4 is 18.2 Å². The third-order valence-corrected chi connectivity index (χ3v) is 4.60. The number of hydrogen-bond acceptors (Lipinski definition) is 6. The van der Waals surface area contributed by atoms with Crippen LogP contribution in [-0.2, 0) is 23.9 Å². The number of esters is 2. The molecule has 1 saturated carbocycles. The van der Waals surface area contributed by atoms with Crippen molar-refractivity contribution in [2.45, 2.75) is 18.6 Å². The lowest BCUT2D eigenvalue weighted by Gasteiger charge is -2.41. The summed E-state index contributed by atoms with van der Waals surface area (Å²) in [5, 5.41) is 9.00. The monoisotopic (exact) mass is 332 g/mol. The van der Waals surface area contributed by atoms with Crippen molar-refractivity contribution in [3.8, 4) is 0 Å². The van der Waals surface area contributed by atoms with Crippen LogP contribution in [0.2, 0.25) is 0 Å². The number of carbonyl (C=O) groups excluding carboxylic acids is 3. The van der Waals surface area contributed by atoms with E-state index in [-0.39, 0.29) is 17.1 Å². The van der Waals surface area contributed by atoms with Gasteiger partial charge in [0, 0.05) is 11.5 Å². The van der Waals surface area contributed by atoms with Gasteiger partial charge in [0.15, 0.2) is 0 Å². The van der Waals surface area contributed by atoms with Crippen LogP contribution in [0, 0.1) is 17.8 Å². The molecule has 128 valence electrons. The fraction of sp³-hybridized carbons (Fsp3) is 0.389. The number of ether oxygens (including phenoxy) is 2. The lowest BCUT2D eigenvalue weighted by Crippen LogP contribution is -2.47. The first-order valence-corrected chi connectivity index (χ1v) is 7.51. The second-order valence-corrected chi connectivity index (χ2v) is 5.98. The first-order valence-electron chi connectivity index (χ1n) is 7.51. The molecule has 0 aromatic heterocycles. The highest BCUT2D eigenvalue weighted by atomic mass is 16.6. The molecule has 1 saturated heterocycles. The highest BCUT2D eigenvalue weighted by molar-refractivity contribution is 5.92. The Kier molecular flexibility index (Phi) is 5.19. The molecule has 0 spiro atoms. The molecule has 0 aromatic carbocycles. The van der Waals surface area contributed by atoms with Crippen molar-refractivity contribution in [1.82, 2.24) is 0 Å². The van der Waals surface area contributed by atoms with E-state index in [1.54, 1.807) is 6.08 Å². The molecule has 5 atom stereocenters. The molecule has 24 heavy (non-hydrogen) atoms. The van der Waals surface area contributed by atoms with Gasteiger partial charge in [-0.25, -0.2) is 9.59 Å². The van der Waals surface area contributed by atoms with Crippen molar-refractivity contribution < 1.29 is 29.0 Å². The second-order valence-electron chi connectivity index (χ2n) is 5.98. The Bertz CT molecular complexity index is 631. The van der Waals surface area contributed by atoms with Crippen LogP contribution in [0.4, 0.5) is 0 Å². The lowest BCUT2D eigenvalue weighted by atomic mass is 9.67. The summed E-state index contributed by atoms with van der Waals surface area (Å²) in [5.41, 5.74) is 0.401.